The Labute approximate surface area is 148 Å². The first-order valence-electron chi connectivity index (χ1n) is 8.40. The number of nitrogens with zero attached hydrogens (tertiary/aromatic N) is 1. The Morgan fingerprint density at radius 3 is 2.44 bits per heavy atom. The van der Waals surface area contributed by atoms with Gasteiger partial charge in [-0.1, -0.05) is 30.3 Å². The van der Waals surface area contributed by atoms with E-state index >= 15 is 0 Å². The zero-order valence-electron chi connectivity index (χ0n) is 14.9. The Kier molecular flexibility index (Phi) is 4.79. The van der Waals surface area contributed by atoms with Crippen molar-refractivity contribution in [3.05, 3.63) is 72.3 Å². The molecule has 0 aliphatic rings. The summed E-state index contributed by atoms with van der Waals surface area (Å²) >= 11 is 0. The molecule has 0 fully saturated rings. The van der Waals surface area contributed by atoms with E-state index in [0.717, 1.165) is 22.7 Å². The minimum absolute atomic E-state index is 0.171. The van der Waals surface area contributed by atoms with Gasteiger partial charge in [-0.2, -0.15) is 0 Å². The van der Waals surface area contributed by atoms with Crippen LogP contribution in [0.4, 0.5) is 0 Å². The lowest BCUT2D eigenvalue weighted by atomic mass is 10.1. The molecule has 0 saturated heterocycles. The van der Waals surface area contributed by atoms with Gasteiger partial charge in [0.05, 0.1) is 6.26 Å². The monoisotopic (exact) mass is 337 g/mol. The van der Waals surface area contributed by atoms with Crippen LogP contribution in [0.5, 0.6) is 0 Å². The number of benzene rings is 1. The molecule has 0 N–H and O–H groups in total. The molecule has 1 aromatic carbocycles. The van der Waals surface area contributed by atoms with Crippen LogP contribution in [0, 0.1) is 0 Å². The van der Waals surface area contributed by atoms with Gasteiger partial charge < -0.3 is 13.7 Å². The third kappa shape index (κ3) is 4.41. The number of carbonyl (C=O) groups is 1. The highest BCUT2D eigenvalue weighted by Crippen LogP contribution is 2.25. The lowest BCUT2D eigenvalue weighted by molar-refractivity contribution is -0.155. The number of furan rings is 1. The van der Waals surface area contributed by atoms with Gasteiger partial charge in [0.15, 0.2) is 0 Å². The fraction of sp³-hybridized carbons (Fsp3) is 0.286. The molecule has 4 heteroatoms. The summed E-state index contributed by atoms with van der Waals surface area (Å²) in [5.41, 5.74) is 2.57. The highest BCUT2D eigenvalue weighted by atomic mass is 16.6. The molecule has 0 spiro atoms. The zero-order chi connectivity index (χ0) is 17.9. The van der Waals surface area contributed by atoms with E-state index in [0.29, 0.717) is 6.42 Å². The fourth-order valence-electron chi connectivity index (χ4n) is 2.81. The number of hydrogen-bond donors (Lipinski definition) is 0. The number of esters is 1. The van der Waals surface area contributed by atoms with E-state index < -0.39 is 5.60 Å². The van der Waals surface area contributed by atoms with Gasteiger partial charge in [0.2, 0.25) is 0 Å². The quantitative estimate of drug-likeness (QED) is 0.635. The van der Waals surface area contributed by atoms with Crippen molar-refractivity contribution in [2.45, 2.75) is 39.3 Å². The van der Waals surface area contributed by atoms with Gasteiger partial charge in [-0.05, 0) is 50.6 Å². The molecule has 0 amide bonds. The molecule has 2 aromatic heterocycles. The first kappa shape index (κ1) is 17.1. The minimum atomic E-state index is -0.502. The highest BCUT2D eigenvalue weighted by Gasteiger charge is 2.19. The van der Waals surface area contributed by atoms with Crippen molar-refractivity contribution >= 4 is 5.97 Å². The maximum absolute atomic E-state index is 12.4. The first-order chi connectivity index (χ1) is 11.9. The molecular weight excluding hydrogens is 314 g/mol. The molecule has 0 saturated carbocycles. The summed E-state index contributed by atoms with van der Waals surface area (Å²) in [7, 11) is 0. The average molecular weight is 337 g/mol. The molecule has 130 valence electrons. The van der Waals surface area contributed by atoms with E-state index in [2.05, 4.69) is 0 Å². The van der Waals surface area contributed by atoms with Crippen molar-refractivity contribution in [2.75, 3.05) is 0 Å². The minimum Gasteiger partial charge on any atom is -0.469 e. The van der Waals surface area contributed by atoms with Gasteiger partial charge in [-0.15, -0.1) is 0 Å². The van der Waals surface area contributed by atoms with Gasteiger partial charge in [0, 0.05) is 17.8 Å². The first-order valence-corrected chi connectivity index (χ1v) is 8.40. The lowest BCUT2D eigenvalue weighted by Crippen LogP contribution is -2.27. The predicted octanol–water partition coefficient (Wildman–Crippen LogP) is 4.68. The summed E-state index contributed by atoms with van der Waals surface area (Å²) < 4.78 is 13.0. The summed E-state index contributed by atoms with van der Waals surface area (Å²) in [4.78, 5) is 12.4. The van der Waals surface area contributed by atoms with Crippen LogP contribution in [0.3, 0.4) is 0 Å². The van der Waals surface area contributed by atoms with E-state index in [-0.39, 0.29) is 12.5 Å². The molecule has 25 heavy (non-hydrogen) atoms. The number of hydrogen-bond acceptors (Lipinski definition) is 3. The number of ether oxygens (including phenoxy) is 1. The van der Waals surface area contributed by atoms with Gasteiger partial charge in [-0.25, -0.2) is 0 Å². The Bertz CT molecular complexity index is 824. The standard InChI is InChI=1S/C21H23NO3/c1-21(2,3)25-20(23)15-22-17(14-18-10-7-13-24-18)11-12-19(22)16-8-5-4-6-9-16/h4-13H,14-15H2,1-3H3. The van der Waals surface area contributed by atoms with Gasteiger partial charge in [0.1, 0.15) is 17.9 Å². The molecule has 0 atom stereocenters. The fourth-order valence-corrected chi connectivity index (χ4v) is 2.81. The van der Waals surface area contributed by atoms with Crippen molar-refractivity contribution in [1.82, 2.24) is 4.57 Å². The van der Waals surface area contributed by atoms with E-state index in [9.17, 15) is 4.79 Å². The third-order valence-electron chi connectivity index (χ3n) is 3.78. The van der Waals surface area contributed by atoms with Crippen LogP contribution >= 0.6 is 0 Å². The maximum Gasteiger partial charge on any atom is 0.326 e. The number of carbonyl (C=O) groups excluding carboxylic acids is 1. The van der Waals surface area contributed by atoms with Crippen LogP contribution in [0.15, 0.2) is 65.3 Å². The largest absolute Gasteiger partial charge is 0.469 e. The van der Waals surface area contributed by atoms with Crippen molar-refractivity contribution < 1.29 is 13.9 Å². The van der Waals surface area contributed by atoms with Gasteiger partial charge >= 0.3 is 5.97 Å². The number of rotatable bonds is 5. The normalized spacial score (nSPS) is 11.5. The SMILES string of the molecule is CC(C)(C)OC(=O)Cn1c(Cc2ccco2)ccc1-c1ccccc1. The zero-order valence-corrected chi connectivity index (χ0v) is 14.9. The van der Waals surface area contributed by atoms with Gasteiger partial charge in [-0.3, -0.25) is 4.79 Å². The van der Waals surface area contributed by atoms with Crippen LogP contribution in [-0.2, 0) is 22.5 Å². The Morgan fingerprint density at radius 2 is 1.80 bits per heavy atom. The van der Waals surface area contributed by atoms with Crippen LogP contribution in [0.1, 0.15) is 32.2 Å². The second-order valence-electron chi connectivity index (χ2n) is 7.00. The van der Waals surface area contributed by atoms with Crippen LogP contribution in [0.25, 0.3) is 11.3 Å². The van der Waals surface area contributed by atoms with Crippen molar-refractivity contribution in [3.63, 3.8) is 0 Å². The second kappa shape index (κ2) is 7.01. The molecular formula is C21H23NO3. The maximum atomic E-state index is 12.4. The van der Waals surface area contributed by atoms with E-state index in [1.807, 2.05) is 79.9 Å². The Hall–Kier alpha value is -2.75. The molecule has 0 unspecified atom stereocenters. The molecule has 2 heterocycles. The Balaban J connectivity index is 1.93. The molecule has 0 aliphatic carbocycles. The Morgan fingerprint density at radius 1 is 1.04 bits per heavy atom. The molecule has 0 radical (unpaired) electrons. The molecule has 0 bridgehead atoms. The summed E-state index contributed by atoms with van der Waals surface area (Å²) in [6, 6.07) is 17.9. The predicted molar refractivity (Wildman–Crippen MR) is 97.2 cm³/mol. The summed E-state index contributed by atoms with van der Waals surface area (Å²) in [5, 5.41) is 0. The van der Waals surface area contributed by atoms with Crippen molar-refractivity contribution in [3.8, 4) is 11.3 Å². The molecule has 0 aliphatic heterocycles. The van der Waals surface area contributed by atoms with Crippen molar-refractivity contribution in [1.29, 1.82) is 0 Å². The average Bonchev–Trinajstić information content (AvgIpc) is 3.18. The second-order valence-corrected chi connectivity index (χ2v) is 7.00. The summed E-state index contributed by atoms with van der Waals surface area (Å²) in [6.07, 6.45) is 2.29. The summed E-state index contributed by atoms with van der Waals surface area (Å²) in [6.45, 7) is 5.80. The van der Waals surface area contributed by atoms with E-state index in [1.54, 1.807) is 6.26 Å². The molecule has 3 rings (SSSR count). The van der Waals surface area contributed by atoms with E-state index in [1.165, 1.54) is 0 Å². The van der Waals surface area contributed by atoms with Gasteiger partial charge in [0.25, 0.3) is 0 Å². The van der Waals surface area contributed by atoms with Crippen LogP contribution < -0.4 is 0 Å². The van der Waals surface area contributed by atoms with Crippen LogP contribution in [0.2, 0.25) is 0 Å². The molecule has 4 nitrogen and oxygen atoms in total. The van der Waals surface area contributed by atoms with Crippen molar-refractivity contribution in [2.24, 2.45) is 0 Å². The molecule has 3 aromatic rings. The van der Waals surface area contributed by atoms with E-state index in [4.69, 9.17) is 9.15 Å². The number of aromatic nitrogens is 1. The topological polar surface area (TPSA) is 44.4 Å². The van der Waals surface area contributed by atoms with Crippen LogP contribution in [-0.4, -0.2) is 16.1 Å². The lowest BCUT2D eigenvalue weighted by Gasteiger charge is -2.21. The smallest absolute Gasteiger partial charge is 0.326 e. The third-order valence-corrected chi connectivity index (χ3v) is 3.78. The summed E-state index contributed by atoms with van der Waals surface area (Å²) in [5.74, 6) is 0.615. The highest BCUT2D eigenvalue weighted by molar-refractivity contribution is 5.72.